The topological polar surface area (TPSA) is 79.5 Å². The summed E-state index contributed by atoms with van der Waals surface area (Å²) in [5.41, 5.74) is 7.93. The van der Waals surface area contributed by atoms with Gasteiger partial charge in [0.15, 0.2) is 0 Å². The summed E-state index contributed by atoms with van der Waals surface area (Å²) in [6, 6.07) is 6.24. The summed E-state index contributed by atoms with van der Waals surface area (Å²) in [6.45, 7) is 5.13. The smallest absolute Gasteiger partial charge is 0.312 e. The molecular weight excluding hydrogens is 384 g/mol. The number of carbonyl (C=O) groups is 2. The molecule has 6 nitrogen and oxygen atoms in total. The van der Waals surface area contributed by atoms with Crippen LogP contribution in [-0.4, -0.2) is 53.3 Å². The first-order chi connectivity index (χ1) is 13.8. The summed E-state index contributed by atoms with van der Waals surface area (Å²) in [5, 5.41) is 1.25. The van der Waals surface area contributed by atoms with Crippen LogP contribution in [0, 0.1) is 11.3 Å². The van der Waals surface area contributed by atoms with Crippen molar-refractivity contribution in [1.29, 1.82) is 0 Å². The summed E-state index contributed by atoms with van der Waals surface area (Å²) in [7, 11) is 2.19. The Morgan fingerprint density at radius 2 is 2.00 bits per heavy atom. The molecule has 3 fully saturated rings. The number of aromatic nitrogens is 1. The molecule has 1 aromatic heterocycles. The van der Waals surface area contributed by atoms with Crippen molar-refractivity contribution in [3.63, 3.8) is 0 Å². The second-order valence-electron chi connectivity index (χ2n) is 9.58. The third-order valence-corrected chi connectivity index (χ3v) is 8.22. The highest BCUT2D eigenvalue weighted by molar-refractivity contribution is 7.18. The van der Waals surface area contributed by atoms with E-state index in [-0.39, 0.29) is 6.04 Å². The van der Waals surface area contributed by atoms with Crippen molar-refractivity contribution in [1.82, 2.24) is 14.8 Å². The van der Waals surface area contributed by atoms with Crippen LogP contribution in [0.1, 0.15) is 55.1 Å². The Bertz CT molecular complexity index is 972. The zero-order valence-electron chi connectivity index (χ0n) is 17.1. The minimum atomic E-state index is -0.873. The second kappa shape index (κ2) is 6.77. The van der Waals surface area contributed by atoms with Crippen LogP contribution in [0.2, 0.25) is 0 Å². The maximum absolute atomic E-state index is 12.4. The van der Waals surface area contributed by atoms with Crippen LogP contribution in [0.15, 0.2) is 18.2 Å². The van der Waals surface area contributed by atoms with Crippen molar-refractivity contribution in [2.75, 3.05) is 26.7 Å². The number of benzene rings is 1. The minimum Gasteiger partial charge on any atom is -0.361 e. The number of amides is 2. The van der Waals surface area contributed by atoms with Crippen molar-refractivity contribution < 1.29 is 9.59 Å². The minimum absolute atomic E-state index is 0.0989. The third-order valence-electron chi connectivity index (χ3n) is 7.02. The van der Waals surface area contributed by atoms with Gasteiger partial charge in [-0.2, -0.15) is 0 Å². The van der Waals surface area contributed by atoms with Gasteiger partial charge in [0.05, 0.1) is 21.3 Å². The largest absolute Gasteiger partial charge is 0.361 e. The van der Waals surface area contributed by atoms with Gasteiger partial charge in [-0.05, 0) is 61.8 Å². The number of hydrogen-bond acceptors (Lipinski definition) is 5. The number of likely N-dealkylation sites (tertiary alicyclic amines) is 2. The summed E-state index contributed by atoms with van der Waals surface area (Å²) >= 11 is 1.81. The quantitative estimate of drug-likeness (QED) is 0.769. The predicted molar refractivity (Wildman–Crippen MR) is 114 cm³/mol. The van der Waals surface area contributed by atoms with E-state index in [1.165, 1.54) is 35.6 Å². The van der Waals surface area contributed by atoms with E-state index in [4.69, 9.17) is 10.7 Å². The lowest BCUT2D eigenvalue weighted by atomic mass is 9.58. The van der Waals surface area contributed by atoms with Crippen molar-refractivity contribution >= 4 is 33.4 Å². The van der Waals surface area contributed by atoms with E-state index < -0.39 is 11.8 Å². The Morgan fingerprint density at radius 3 is 2.69 bits per heavy atom. The molecule has 3 aliphatic rings. The molecule has 5 rings (SSSR count). The number of hydrogen-bond donors (Lipinski definition) is 1. The standard InChI is InChI=1S/C22H28N4O2S/c1-13-3-5-17(26(10-13)21(28)19(23)27)14-4-6-18-16(7-14)24-20(29-18)15-8-22(9-15)11-25(2)12-22/h4,6-7,13,15,17H,3,5,8-12H2,1-2H3,(H2,23,27)/t13-,17+/m0/s1. The molecule has 3 heterocycles. The zero-order valence-corrected chi connectivity index (χ0v) is 17.9. The lowest BCUT2D eigenvalue weighted by molar-refractivity contribution is -0.147. The molecule has 2 saturated heterocycles. The van der Waals surface area contributed by atoms with Crippen LogP contribution in [-0.2, 0) is 9.59 Å². The maximum Gasteiger partial charge on any atom is 0.312 e. The number of primary amides is 1. The van der Waals surface area contributed by atoms with Gasteiger partial charge in [0.2, 0.25) is 0 Å². The van der Waals surface area contributed by atoms with E-state index >= 15 is 0 Å². The van der Waals surface area contributed by atoms with Gasteiger partial charge in [0.25, 0.3) is 0 Å². The SMILES string of the molecule is C[C@H]1CC[C@H](c2ccc3sc(C4CC5(C4)CN(C)C5)nc3c2)N(C(=O)C(N)=O)C1. The third kappa shape index (κ3) is 3.24. The van der Waals surface area contributed by atoms with Crippen molar-refractivity contribution in [2.45, 2.75) is 44.6 Å². The van der Waals surface area contributed by atoms with Gasteiger partial charge in [-0.25, -0.2) is 4.98 Å². The van der Waals surface area contributed by atoms with E-state index in [0.29, 0.717) is 23.8 Å². The van der Waals surface area contributed by atoms with E-state index in [1.807, 2.05) is 0 Å². The molecule has 0 radical (unpaired) electrons. The Balaban J connectivity index is 1.38. The fourth-order valence-electron chi connectivity index (χ4n) is 5.73. The molecule has 2 amide bonds. The van der Waals surface area contributed by atoms with E-state index in [0.717, 1.165) is 23.9 Å². The zero-order chi connectivity index (χ0) is 20.3. The fraction of sp³-hybridized carbons (Fsp3) is 0.591. The van der Waals surface area contributed by atoms with Crippen LogP contribution < -0.4 is 5.73 Å². The monoisotopic (exact) mass is 412 g/mol. The molecule has 0 bridgehead atoms. The fourth-order valence-corrected chi connectivity index (χ4v) is 6.77. The first-order valence-corrected chi connectivity index (χ1v) is 11.3. The highest BCUT2D eigenvalue weighted by atomic mass is 32.1. The maximum atomic E-state index is 12.4. The second-order valence-corrected chi connectivity index (χ2v) is 10.6. The summed E-state index contributed by atoms with van der Waals surface area (Å²) in [4.78, 5) is 32.9. The lowest BCUT2D eigenvalue weighted by Crippen LogP contribution is -2.59. The van der Waals surface area contributed by atoms with Crippen molar-refractivity contribution in [3.05, 3.63) is 28.8 Å². The van der Waals surface area contributed by atoms with E-state index in [9.17, 15) is 9.59 Å². The Kier molecular flexibility index (Phi) is 4.44. The number of piperidine rings is 1. The number of nitrogens with zero attached hydrogens (tertiary/aromatic N) is 3. The Morgan fingerprint density at radius 1 is 1.24 bits per heavy atom. The Hall–Kier alpha value is -1.99. The molecule has 154 valence electrons. The molecule has 7 heteroatoms. The van der Waals surface area contributed by atoms with Crippen LogP contribution in [0.3, 0.4) is 0 Å². The molecule has 1 aromatic carbocycles. The van der Waals surface area contributed by atoms with Gasteiger partial charge in [-0.1, -0.05) is 13.0 Å². The molecule has 2 N–H and O–H groups in total. The molecule has 2 aliphatic heterocycles. The molecule has 1 saturated carbocycles. The average molecular weight is 413 g/mol. The van der Waals surface area contributed by atoms with Crippen LogP contribution in [0.4, 0.5) is 0 Å². The first-order valence-electron chi connectivity index (χ1n) is 10.5. The van der Waals surface area contributed by atoms with Crippen LogP contribution >= 0.6 is 11.3 Å². The summed E-state index contributed by atoms with van der Waals surface area (Å²) in [6.07, 6.45) is 4.39. The lowest BCUT2D eigenvalue weighted by Gasteiger charge is -2.58. The normalized spacial score (nSPS) is 27.0. The highest BCUT2D eigenvalue weighted by Crippen LogP contribution is 2.56. The highest BCUT2D eigenvalue weighted by Gasteiger charge is 2.52. The number of nitrogens with two attached hydrogens (primary N) is 1. The molecule has 1 aliphatic carbocycles. The van der Waals surface area contributed by atoms with Gasteiger partial charge < -0.3 is 15.5 Å². The average Bonchev–Trinajstić information content (AvgIpc) is 3.05. The van der Waals surface area contributed by atoms with E-state index in [1.54, 1.807) is 16.2 Å². The van der Waals surface area contributed by atoms with Crippen LogP contribution in [0.25, 0.3) is 10.2 Å². The van der Waals surface area contributed by atoms with Gasteiger partial charge in [-0.15, -0.1) is 11.3 Å². The number of carbonyl (C=O) groups excluding carboxylic acids is 2. The van der Waals surface area contributed by atoms with Gasteiger partial charge in [-0.3, -0.25) is 9.59 Å². The van der Waals surface area contributed by atoms with Crippen LogP contribution in [0.5, 0.6) is 0 Å². The van der Waals surface area contributed by atoms with Crippen molar-refractivity contribution in [2.24, 2.45) is 17.1 Å². The Labute approximate surface area is 175 Å². The van der Waals surface area contributed by atoms with Crippen molar-refractivity contribution in [3.8, 4) is 0 Å². The first kappa shape index (κ1) is 19.0. The number of thiazole rings is 1. The molecule has 0 unspecified atom stereocenters. The van der Waals surface area contributed by atoms with Gasteiger partial charge >= 0.3 is 11.8 Å². The molecule has 1 spiro atoms. The number of fused-ring (bicyclic) bond motifs is 1. The number of rotatable bonds is 2. The molecule has 29 heavy (non-hydrogen) atoms. The summed E-state index contributed by atoms with van der Waals surface area (Å²) < 4.78 is 1.20. The summed E-state index contributed by atoms with van der Waals surface area (Å²) in [5.74, 6) is -0.485. The molecular formula is C22H28N4O2S. The molecule has 2 aromatic rings. The van der Waals surface area contributed by atoms with Gasteiger partial charge in [0, 0.05) is 25.6 Å². The predicted octanol–water partition coefficient (Wildman–Crippen LogP) is 2.89. The van der Waals surface area contributed by atoms with E-state index in [2.05, 4.69) is 37.1 Å². The van der Waals surface area contributed by atoms with Gasteiger partial charge in [0.1, 0.15) is 0 Å². The molecule has 2 atom stereocenters.